The van der Waals surface area contributed by atoms with Crippen molar-refractivity contribution in [3.63, 3.8) is 0 Å². The number of rotatable bonds is 2. The van der Waals surface area contributed by atoms with Crippen LogP contribution in [0.1, 0.15) is 30.4 Å². The van der Waals surface area contributed by atoms with E-state index in [0.717, 1.165) is 5.56 Å². The van der Waals surface area contributed by atoms with Crippen LogP contribution in [0.3, 0.4) is 0 Å². The van der Waals surface area contributed by atoms with E-state index in [2.05, 4.69) is 16.0 Å². The normalized spacial score (nSPS) is 37.0. The Morgan fingerprint density at radius 2 is 2.28 bits per heavy atom. The zero-order valence-electron chi connectivity index (χ0n) is 13.6. The lowest BCUT2D eigenvalue weighted by Gasteiger charge is -2.32. The van der Waals surface area contributed by atoms with Gasteiger partial charge in [0.25, 0.3) is 0 Å². The van der Waals surface area contributed by atoms with Gasteiger partial charge < -0.3 is 41.0 Å². The van der Waals surface area contributed by atoms with Crippen molar-refractivity contribution in [3.8, 4) is 0 Å². The fraction of sp³-hybridized carbons (Fsp3) is 0.533. The number of nitrogens with zero attached hydrogens (tertiary/aromatic N) is 1. The highest BCUT2D eigenvalue weighted by atomic mass is 16.6. The third-order valence-electron chi connectivity index (χ3n) is 4.99. The van der Waals surface area contributed by atoms with Gasteiger partial charge in [-0.3, -0.25) is 10.1 Å². The summed E-state index contributed by atoms with van der Waals surface area (Å²) < 4.78 is 7.34. The quantitative estimate of drug-likeness (QED) is 0.319. The summed E-state index contributed by atoms with van der Waals surface area (Å²) in [6, 6.07) is 0. The molecule has 0 aromatic carbocycles. The second-order valence-corrected chi connectivity index (χ2v) is 6.69. The Labute approximate surface area is 143 Å². The Hall–Kier alpha value is -2.11. The van der Waals surface area contributed by atoms with E-state index in [1.807, 2.05) is 0 Å². The fourth-order valence-corrected chi connectivity index (χ4v) is 3.69. The number of aliphatic hydroxyl groups is 3. The van der Waals surface area contributed by atoms with Gasteiger partial charge in [0.2, 0.25) is 5.91 Å². The number of amides is 1. The summed E-state index contributed by atoms with van der Waals surface area (Å²) in [6.07, 6.45) is -0.547. The van der Waals surface area contributed by atoms with Gasteiger partial charge in [-0.25, -0.2) is 0 Å². The molecule has 1 fully saturated rings. The number of aliphatic hydroxyl groups excluding tert-OH is 2. The molecule has 0 saturated carbocycles. The Kier molecular flexibility index (Phi) is 3.56. The molecule has 5 atom stereocenters. The molecule has 0 spiro atoms. The van der Waals surface area contributed by atoms with Crippen LogP contribution in [0.4, 0.5) is 5.82 Å². The minimum atomic E-state index is -1.62. The number of nitrogens with two attached hydrogens (primary N) is 1. The van der Waals surface area contributed by atoms with Gasteiger partial charge in [0.1, 0.15) is 29.8 Å². The molecule has 25 heavy (non-hydrogen) atoms. The summed E-state index contributed by atoms with van der Waals surface area (Å²) in [4.78, 5) is 11.9. The SMILES string of the molecule is C[C@@]1(O)[C@H](O)C(CO)O[C@H]1n1cc2c3c1NCNC3NC(=O)C=C2N. The van der Waals surface area contributed by atoms with Crippen molar-refractivity contribution in [1.29, 1.82) is 0 Å². The van der Waals surface area contributed by atoms with Gasteiger partial charge in [0.15, 0.2) is 6.23 Å². The number of ether oxygens (including phenoxy) is 1. The van der Waals surface area contributed by atoms with E-state index < -0.39 is 36.8 Å². The van der Waals surface area contributed by atoms with Crippen LogP contribution in [0.25, 0.3) is 5.70 Å². The molecule has 1 aromatic rings. The fourth-order valence-electron chi connectivity index (χ4n) is 3.69. The lowest BCUT2D eigenvalue weighted by Crippen LogP contribution is -2.45. The van der Waals surface area contributed by atoms with E-state index in [0.29, 0.717) is 18.1 Å². The van der Waals surface area contributed by atoms with Crippen molar-refractivity contribution in [2.75, 3.05) is 18.6 Å². The summed E-state index contributed by atoms with van der Waals surface area (Å²) >= 11 is 0. The van der Waals surface area contributed by atoms with Gasteiger partial charge in [-0.1, -0.05) is 0 Å². The minimum absolute atomic E-state index is 0.289. The molecule has 1 saturated heterocycles. The van der Waals surface area contributed by atoms with Crippen LogP contribution in [0.15, 0.2) is 12.3 Å². The highest BCUT2D eigenvalue weighted by molar-refractivity contribution is 5.97. The number of nitrogens with one attached hydrogen (secondary N) is 3. The molecule has 0 bridgehead atoms. The van der Waals surface area contributed by atoms with Crippen LogP contribution in [-0.4, -0.2) is 56.9 Å². The summed E-state index contributed by atoms with van der Waals surface area (Å²) in [5.41, 5.74) is 6.07. The Bertz CT molecular complexity index is 758. The largest absolute Gasteiger partial charge is 0.398 e. The molecule has 8 N–H and O–H groups in total. The summed E-state index contributed by atoms with van der Waals surface area (Å²) in [5.74, 6) is 0.318. The number of carbonyl (C=O) groups is 1. The molecule has 0 radical (unpaired) electrons. The van der Waals surface area contributed by atoms with Gasteiger partial charge in [-0.05, 0) is 6.92 Å². The first kappa shape index (κ1) is 16.4. The van der Waals surface area contributed by atoms with Crippen LogP contribution >= 0.6 is 0 Å². The van der Waals surface area contributed by atoms with Crippen LogP contribution in [0.5, 0.6) is 0 Å². The molecule has 3 aliphatic rings. The second-order valence-electron chi connectivity index (χ2n) is 6.69. The highest BCUT2D eigenvalue weighted by Crippen LogP contribution is 2.44. The van der Waals surface area contributed by atoms with E-state index >= 15 is 0 Å². The van der Waals surface area contributed by atoms with Crippen LogP contribution in [0, 0.1) is 0 Å². The molecule has 3 aliphatic heterocycles. The number of hydrogen-bond acceptors (Lipinski definition) is 8. The molecular formula is C15H21N5O5. The lowest BCUT2D eigenvalue weighted by atomic mass is 9.96. The first-order valence-electron chi connectivity index (χ1n) is 8.01. The van der Waals surface area contributed by atoms with Gasteiger partial charge in [0, 0.05) is 29.1 Å². The van der Waals surface area contributed by atoms with Gasteiger partial charge >= 0.3 is 0 Å². The van der Waals surface area contributed by atoms with E-state index in [-0.39, 0.29) is 11.6 Å². The average Bonchev–Trinajstić information content (AvgIpc) is 3.00. The van der Waals surface area contributed by atoms with E-state index in [1.54, 1.807) is 10.8 Å². The molecule has 1 amide bonds. The van der Waals surface area contributed by atoms with Crippen molar-refractivity contribution < 1.29 is 24.9 Å². The van der Waals surface area contributed by atoms with Crippen molar-refractivity contribution in [2.45, 2.75) is 37.1 Å². The highest BCUT2D eigenvalue weighted by Gasteiger charge is 2.53. The molecule has 2 unspecified atom stereocenters. The third-order valence-corrected chi connectivity index (χ3v) is 4.99. The number of hydrogen-bond donors (Lipinski definition) is 7. The Balaban J connectivity index is 1.85. The predicted octanol–water partition coefficient (Wildman–Crippen LogP) is -2.11. The first-order chi connectivity index (χ1) is 11.8. The van der Waals surface area contributed by atoms with Gasteiger partial charge in [-0.15, -0.1) is 0 Å². The zero-order chi connectivity index (χ0) is 17.9. The predicted molar refractivity (Wildman–Crippen MR) is 86.7 cm³/mol. The molecule has 10 heteroatoms. The Morgan fingerprint density at radius 1 is 1.52 bits per heavy atom. The smallest absolute Gasteiger partial charge is 0.247 e. The maximum Gasteiger partial charge on any atom is 0.247 e. The van der Waals surface area contributed by atoms with Crippen molar-refractivity contribution in [2.24, 2.45) is 5.73 Å². The zero-order valence-corrected chi connectivity index (χ0v) is 13.6. The molecule has 0 aliphatic carbocycles. The van der Waals surface area contributed by atoms with Crippen LogP contribution < -0.4 is 21.7 Å². The van der Waals surface area contributed by atoms with Gasteiger partial charge in [-0.2, -0.15) is 0 Å². The van der Waals surface area contributed by atoms with E-state index in [1.165, 1.54) is 13.0 Å². The number of carbonyl (C=O) groups excluding carboxylic acids is 1. The monoisotopic (exact) mass is 351 g/mol. The molecule has 10 nitrogen and oxygen atoms in total. The van der Waals surface area contributed by atoms with Gasteiger partial charge in [0.05, 0.1) is 13.3 Å². The third kappa shape index (κ3) is 2.26. The molecule has 1 aromatic heterocycles. The van der Waals surface area contributed by atoms with E-state index in [9.17, 15) is 20.1 Å². The molecule has 136 valence electrons. The second kappa shape index (κ2) is 5.44. The molecular weight excluding hydrogens is 330 g/mol. The van der Waals surface area contributed by atoms with E-state index in [4.69, 9.17) is 10.5 Å². The number of aromatic nitrogens is 1. The summed E-state index contributed by atoms with van der Waals surface area (Å²) in [5, 5.41) is 39.4. The number of anilines is 1. The van der Waals surface area contributed by atoms with Crippen LogP contribution in [0.2, 0.25) is 0 Å². The standard InChI is InChI=1S/C15H21N5O5/c1-15(24)11(23)8(4-21)25-14(15)20-3-6-7(16)2-9(22)19-12-10(6)13(20)18-5-17-12/h2-3,8,11-12,14,17-18,21,23-24H,4-5,16H2,1H3,(H,19,22)/t8?,11-,12?,14-,15-/m1/s1. The van der Waals surface area contributed by atoms with Crippen molar-refractivity contribution in [3.05, 3.63) is 23.4 Å². The molecule has 4 heterocycles. The van der Waals surface area contributed by atoms with Crippen molar-refractivity contribution in [1.82, 2.24) is 15.2 Å². The first-order valence-corrected chi connectivity index (χ1v) is 8.01. The maximum atomic E-state index is 11.9. The van der Waals surface area contributed by atoms with Crippen molar-refractivity contribution >= 4 is 17.4 Å². The lowest BCUT2D eigenvalue weighted by molar-refractivity contribution is -0.117. The minimum Gasteiger partial charge on any atom is -0.398 e. The van der Waals surface area contributed by atoms with Crippen LogP contribution in [-0.2, 0) is 9.53 Å². The molecule has 4 rings (SSSR count). The maximum absolute atomic E-state index is 11.9. The average molecular weight is 351 g/mol. The Morgan fingerprint density at radius 3 is 2.96 bits per heavy atom. The summed E-state index contributed by atoms with van der Waals surface area (Å²) in [7, 11) is 0. The summed E-state index contributed by atoms with van der Waals surface area (Å²) in [6.45, 7) is 1.41. The topological polar surface area (TPSA) is 154 Å².